The van der Waals surface area contributed by atoms with Crippen LogP contribution in [0.15, 0.2) is 71.6 Å². The van der Waals surface area contributed by atoms with Gasteiger partial charge in [-0.25, -0.2) is 0 Å². The third-order valence-corrected chi connectivity index (χ3v) is 5.75. The Morgan fingerprint density at radius 1 is 0.967 bits per heavy atom. The number of thioether (sulfide) groups is 1. The second-order valence-electron chi connectivity index (χ2n) is 7.68. The maximum Gasteiger partial charge on any atom is 0.293 e. The number of hydrogen-bond donors (Lipinski definition) is 0. The maximum absolute atomic E-state index is 12.9. The van der Waals surface area contributed by atoms with E-state index in [0.717, 1.165) is 39.4 Å². The van der Waals surface area contributed by atoms with E-state index in [2.05, 4.69) is 13.8 Å². The van der Waals surface area contributed by atoms with Gasteiger partial charge >= 0.3 is 0 Å². The van der Waals surface area contributed by atoms with E-state index in [1.54, 1.807) is 6.08 Å². The Morgan fingerprint density at radius 2 is 1.70 bits per heavy atom. The Kier molecular flexibility index (Phi) is 5.91. The lowest BCUT2D eigenvalue weighted by Gasteiger charge is -2.14. The van der Waals surface area contributed by atoms with Crippen LogP contribution in [-0.4, -0.2) is 22.7 Å². The zero-order chi connectivity index (χ0) is 21.1. The molecule has 0 N–H and O–H groups in total. The molecule has 0 unspecified atom stereocenters. The monoisotopic (exact) mass is 417 g/mol. The van der Waals surface area contributed by atoms with Crippen molar-refractivity contribution in [2.75, 3.05) is 6.61 Å². The molecule has 1 fully saturated rings. The summed E-state index contributed by atoms with van der Waals surface area (Å²) in [5, 5.41) is 1.91. The first-order valence-electron chi connectivity index (χ1n) is 9.96. The number of benzene rings is 3. The van der Waals surface area contributed by atoms with Crippen molar-refractivity contribution in [2.24, 2.45) is 5.92 Å². The Balaban J connectivity index is 1.51. The van der Waals surface area contributed by atoms with Crippen LogP contribution in [0.2, 0.25) is 0 Å². The summed E-state index contributed by atoms with van der Waals surface area (Å²) in [4.78, 5) is 27.2. The predicted octanol–water partition coefficient (Wildman–Crippen LogP) is 6.11. The van der Waals surface area contributed by atoms with Crippen LogP contribution >= 0.6 is 11.8 Å². The van der Waals surface area contributed by atoms with Crippen molar-refractivity contribution in [3.8, 4) is 5.75 Å². The molecule has 0 aromatic heterocycles. The molecule has 1 aliphatic rings. The number of imide groups is 1. The molecule has 1 heterocycles. The summed E-state index contributed by atoms with van der Waals surface area (Å²) in [6.07, 6.45) is 1.76. The molecule has 1 aliphatic heterocycles. The van der Waals surface area contributed by atoms with Crippen molar-refractivity contribution in [3.05, 3.63) is 82.8 Å². The quantitative estimate of drug-likeness (QED) is 0.454. The number of nitrogens with zero attached hydrogens (tertiary/aromatic N) is 1. The molecule has 0 atom stereocenters. The third-order valence-electron chi connectivity index (χ3n) is 4.84. The molecule has 2 amide bonds. The predicted molar refractivity (Wildman–Crippen MR) is 122 cm³/mol. The highest BCUT2D eigenvalue weighted by molar-refractivity contribution is 8.18. The lowest BCUT2D eigenvalue weighted by Crippen LogP contribution is -2.27. The summed E-state index contributed by atoms with van der Waals surface area (Å²) in [7, 11) is 0. The first-order chi connectivity index (χ1) is 14.5. The Morgan fingerprint density at radius 3 is 2.47 bits per heavy atom. The zero-order valence-electron chi connectivity index (χ0n) is 17.0. The van der Waals surface area contributed by atoms with Gasteiger partial charge in [0.2, 0.25) is 0 Å². The normalized spacial score (nSPS) is 15.6. The molecule has 4 rings (SSSR count). The minimum absolute atomic E-state index is 0.240. The average Bonchev–Trinajstić information content (AvgIpc) is 3.01. The average molecular weight is 418 g/mol. The smallest absolute Gasteiger partial charge is 0.293 e. The molecule has 0 aliphatic carbocycles. The van der Waals surface area contributed by atoms with E-state index in [1.165, 1.54) is 4.90 Å². The molecule has 5 heteroatoms. The number of hydrogen-bond acceptors (Lipinski definition) is 4. The molecule has 0 spiro atoms. The van der Waals surface area contributed by atoms with Crippen LogP contribution in [0, 0.1) is 5.92 Å². The lowest BCUT2D eigenvalue weighted by atomic mass is 10.0. The topological polar surface area (TPSA) is 46.6 Å². The van der Waals surface area contributed by atoms with E-state index in [9.17, 15) is 9.59 Å². The minimum atomic E-state index is -0.252. The summed E-state index contributed by atoms with van der Waals surface area (Å²) in [6.45, 7) is 5.13. The fraction of sp³-hybridized carbons (Fsp3) is 0.200. The molecular weight excluding hydrogens is 394 g/mol. The van der Waals surface area contributed by atoms with E-state index in [0.29, 0.717) is 17.4 Å². The summed E-state index contributed by atoms with van der Waals surface area (Å²) >= 11 is 0.987. The van der Waals surface area contributed by atoms with E-state index < -0.39 is 0 Å². The van der Waals surface area contributed by atoms with Crippen molar-refractivity contribution >= 4 is 39.8 Å². The highest BCUT2D eigenvalue weighted by atomic mass is 32.2. The van der Waals surface area contributed by atoms with Crippen LogP contribution in [0.5, 0.6) is 5.75 Å². The second kappa shape index (κ2) is 8.76. The molecule has 152 valence electrons. The molecule has 4 nitrogen and oxygen atoms in total. The van der Waals surface area contributed by atoms with Gasteiger partial charge in [-0.15, -0.1) is 0 Å². The molecule has 1 saturated heterocycles. The van der Waals surface area contributed by atoms with Gasteiger partial charge < -0.3 is 4.74 Å². The number of amides is 2. The van der Waals surface area contributed by atoms with Gasteiger partial charge in [-0.3, -0.25) is 14.5 Å². The van der Waals surface area contributed by atoms with Crippen LogP contribution in [0.3, 0.4) is 0 Å². The van der Waals surface area contributed by atoms with E-state index in [1.807, 2.05) is 66.7 Å². The summed E-state index contributed by atoms with van der Waals surface area (Å²) in [5.41, 5.74) is 1.82. The first kappa shape index (κ1) is 20.2. The second-order valence-corrected chi connectivity index (χ2v) is 8.67. The van der Waals surface area contributed by atoms with Crippen molar-refractivity contribution in [3.63, 3.8) is 0 Å². The van der Waals surface area contributed by atoms with E-state index in [4.69, 9.17) is 4.74 Å². The SMILES string of the molecule is CC(C)COc1ccc(/C=C2\SC(=O)N(Cc3cccc4ccccc34)C2=O)cc1. The van der Waals surface area contributed by atoms with Gasteiger partial charge in [0.25, 0.3) is 11.1 Å². The maximum atomic E-state index is 12.9. The summed E-state index contributed by atoms with van der Waals surface area (Å²) in [5.74, 6) is 1.00. The van der Waals surface area contributed by atoms with Crippen LogP contribution in [0.4, 0.5) is 4.79 Å². The van der Waals surface area contributed by atoms with Crippen molar-refractivity contribution in [1.29, 1.82) is 0 Å². The molecule has 3 aromatic carbocycles. The molecule has 3 aromatic rings. The van der Waals surface area contributed by atoms with Crippen molar-refractivity contribution in [2.45, 2.75) is 20.4 Å². The molecule has 0 bridgehead atoms. The van der Waals surface area contributed by atoms with Gasteiger partial charge in [-0.2, -0.15) is 0 Å². The number of ether oxygens (including phenoxy) is 1. The van der Waals surface area contributed by atoms with Gasteiger partial charge in [0, 0.05) is 0 Å². The Labute approximate surface area is 180 Å². The molecular formula is C25H23NO3S. The van der Waals surface area contributed by atoms with Crippen LogP contribution in [-0.2, 0) is 11.3 Å². The number of fused-ring (bicyclic) bond motifs is 1. The fourth-order valence-corrected chi connectivity index (χ4v) is 4.15. The van der Waals surface area contributed by atoms with Gasteiger partial charge in [0.15, 0.2) is 0 Å². The zero-order valence-corrected chi connectivity index (χ0v) is 17.8. The minimum Gasteiger partial charge on any atom is -0.493 e. The Hall–Kier alpha value is -3.05. The largest absolute Gasteiger partial charge is 0.493 e. The van der Waals surface area contributed by atoms with Crippen LogP contribution in [0.25, 0.3) is 16.8 Å². The molecule has 0 radical (unpaired) electrons. The van der Waals surface area contributed by atoms with Gasteiger partial charge in [-0.1, -0.05) is 68.4 Å². The van der Waals surface area contributed by atoms with Crippen LogP contribution in [0.1, 0.15) is 25.0 Å². The Bertz CT molecular complexity index is 1110. The summed E-state index contributed by atoms with van der Waals surface area (Å²) in [6, 6.07) is 21.5. The molecule has 30 heavy (non-hydrogen) atoms. The number of rotatable bonds is 6. The fourth-order valence-electron chi connectivity index (χ4n) is 3.31. The van der Waals surface area contributed by atoms with Gasteiger partial charge in [-0.05, 0) is 57.8 Å². The van der Waals surface area contributed by atoms with E-state index in [-0.39, 0.29) is 17.7 Å². The van der Waals surface area contributed by atoms with Crippen LogP contribution < -0.4 is 4.74 Å². The van der Waals surface area contributed by atoms with Crippen molar-refractivity contribution < 1.29 is 14.3 Å². The van der Waals surface area contributed by atoms with Crippen molar-refractivity contribution in [1.82, 2.24) is 4.90 Å². The third kappa shape index (κ3) is 4.41. The molecule has 0 saturated carbocycles. The van der Waals surface area contributed by atoms with E-state index >= 15 is 0 Å². The highest BCUT2D eigenvalue weighted by Crippen LogP contribution is 2.34. The van der Waals surface area contributed by atoms with Gasteiger partial charge in [0.1, 0.15) is 5.75 Å². The highest BCUT2D eigenvalue weighted by Gasteiger charge is 2.35. The lowest BCUT2D eigenvalue weighted by molar-refractivity contribution is -0.123. The van der Waals surface area contributed by atoms with Gasteiger partial charge in [0.05, 0.1) is 18.1 Å². The standard InChI is InChI=1S/C25H23NO3S/c1-17(2)16-29-21-12-10-18(11-13-21)14-23-24(27)26(25(28)30-23)15-20-8-5-7-19-6-3-4-9-22(19)20/h3-14,17H,15-16H2,1-2H3/b23-14-. The first-order valence-corrected chi connectivity index (χ1v) is 10.8. The number of carbonyl (C=O) groups is 2. The number of carbonyl (C=O) groups excluding carboxylic acids is 2. The summed E-state index contributed by atoms with van der Waals surface area (Å²) < 4.78 is 5.69.